The van der Waals surface area contributed by atoms with Gasteiger partial charge in [-0.3, -0.25) is 4.40 Å². The third-order valence-corrected chi connectivity index (χ3v) is 5.08. The molecule has 0 bridgehead atoms. The number of para-hydroxylation sites is 1. The predicted octanol–water partition coefficient (Wildman–Crippen LogP) is 6.46. The number of nitrogens with zero attached hydrogens (tertiary/aromatic N) is 2. The van der Waals surface area contributed by atoms with Crippen LogP contribution < -0.4 is 5.32 Å². The summed E-state index contributed by atoms with van der Waals surface area (Å²) < 4.78 is 16.7. The molecule has 0 aliphatic rings. The third kappa shape index (κ3) is 2.96. The van der Waals surface area contributed by atoms with Gasteiger partial charge in [0.05, 0.1) is 10.6 Å². The second-order valence-electron chi connectivity index (χ2n) is 6.66. The number of imidazole rings is 1. The van der Waals surface area contributed by atoms with Crippen molar-refractivity contribution in [2.45, 2.75) is 20.8 Å². The van der Waals surface area contributed by atoms with E-state index in [9.17, 15) is 4.39 Å². The molecular formula is C22H19ClFN3. The Kier molecular flexibility index (Phi) is 4.36. The molecule has 0 saturated heterocycles. The van der Waals surface area contributed by atoms with Gasteiger partial charge in [0.25, 0.3) is 0 Å². The van der Waals surface area contributed by atoms with Crippen LogP contribution in [0.15, 0.2) is 54.6 Å². The fraction of sp³-hybridized carbons (Fsp3) is 0.136. The van der Waals surface area contributed by atoms with E-state index in [2.05, 4.69) is 5.32 Å². The van der Waals surface area contributed by atoms with Crippen molar-refractivity contribution in [2.75, 3.05) is 5.32 Å². The number of anilines is 2. The van der Waals surface area contributed by atoms with Crippen molar-refractivity contribution in [3.8, 4) is 11.3 Å². The van der Waals surface area contributed by atoms with Crippen LogP contribution in [0, 0.1) is 26.6 Å². The quantitative estimate of drug-likeness (QED) is 0.442. The average Bonchev–Trinajstić information content (AvgIpc) is 2.97. The SMILES string of the molecule is Cc1cccc(C)c1Nc1c(-c2c(F)cccc2Cl)nc2cccc(C)n12. The van der Waals surface area contributed by atoms with E-state index >= 15 is 0 Å². The van der Waals surface area contributed by atoms with Crippen LogP contribution in [-0.2, 0) is 0 Å². The first kappa shape index (κ1) is 17.6. The molecule has 0 radical (unpaired) electrons. The minimum absolute atomic E-state index is 0.302. The second-order valence-corrected chi connectivity index (χ2v) is 7.07. The lowest BCUT2D eigenvalue weighted by atomic mass is 10.1. The first-order valence-corrected chi connectivity index (χ1v) is 9.11. The number of rotatable bonds is 3. The summed E-state index contributed by atoms with van der Waals surface area (Å²) >= 11 is 6.35. The summed E-state index contributed by atoms with van der Waals surface area (Å²) in [6.45, 7) is 6.08. The molecule has 0 amide bonds. The molecule has 5 heteroatoms. The van der Waals surface area contributed by atoms with E-state index in [1.165, 1.54) is 6.07 Å². The monoisotopic (exact) mass is 379 g/mol. The van der Waals surface area contributed by atoms with Crippen molar-refractivity contribution in [3.05, 3.63) is 82.3 Å². The Morgan fingerprint density at radius 3 is 2.30 bits per heavy atom. The first-order valence-electron chi connectivity index (χ1n) is 8.73. The molecule has 136 valence electrons. The van der Waals surface area contributed by atoms with Crippen LogP contribution in [0.4, 0.5) is 15.9 Å². The van der Waals surface area contributed by atoms with Gasteiger partial charge in [-0.2, -0.15) is 0 Å². The maximum atomic E-state index is 14.7. The van der Waals surface area contributed by atoms with Gasteiger partial charge in [0.15, 0.2) is 0 Å². The number of fused-ring (bicyclic) bond motifs is 1. The highest BCUT2D eigenvalue weighted by Gasteiger charge is 2.21. The topological polar surface area (TPSA) is 29.3 Å². The molecule has 2 aromatic carbocycles. The van der Waals surface area contributed by atoms with E-state index in [0.717, 1.165) is 28.2 Å². The Hall–Kier alpha value is -2.85. The summed E-state index contributed by atoms with van der Waals surface area (Å²) in [6, 6.07) is 16.6. The molecule has 1 N–H and O–H groups in total. The molecule has 0 unspecified atom stereocenters. The molecule has 4 aromatic rings. The van der Waals surface area contributed by atoms with Crippen molar-refractivity contribution in [3.63, 3.8) is 0 Å². The lowest BCUT2D eigenvalue weighted by molar-refractivity contribution is 0.631. The average molecular weight is 380 g/mol. The van der Waals surface area contributed by atoms with Crippen LogP contribution in [0.1, 0.15) is 16.8 Å². The van der Waals surface area contributed by atoms with E-state index in [1.807, 2.05) is 61.6 Å². The van der Waals surface area contributed by atoms with E-state index in [-0.39, 0.29) is 0 Å². The van der Waals surface area contributed by atoms with Gasteiger partial charge in [0.1, 0.15) is 23.0 Å². The Labute approximate surface area is 162 Å². The van der Waals surface area contributed by atoms with E-state index in [4.69, 9.17) is 16.6 Å². The molecule has 0 saturated carbocycles. The normalized spacial score (nSPS) is 11.1. The van der Waals surface area contributed by atoms with Gasteiger partial charge in [-0.1, -0.05) is 41.9 Å². The molecule has 0 aliphatic carbocycles. The van der Waals surface area contributed by atoms with Crippen LogP contribution in [0.2, 0.25) is 5.02 Å². The standard InChI is InChI=1S/C22H19ClFN3/c1-13-7-4-8-14(2)20(13)26-22-21(19-16(23)10-6-11-17(19)24)25-18-12-5-9-15(3)27(18)22/h4-12,26H,1-3H3. The number of pyridine rings is 1. The number of hydrogen-bond acceptors (Lipinski definition) is 2. The molecule has 2 heterocycles. The summed E-state index contributed by atoms with van der Waals surface area (Å²) in [5.41, 5.74) is 5.71. The number of halogens is 2. The zero-order valence-electron chi connectivity index (χ0n) is 15.3. The van der Waals surface area contributed by atoms with Crippen molar-refractivity contribution < 1.29 is 4.39 Å². The Balaban J connectivity index is 2.03. The van der Waals surface area contributed by atoms with Crippen LogP contribution in [-0.4, -0.2) is 9.38 Å². The van der Waals surface area contributed by atoms with Gasteiger partial charge in [-0.05, 0) is 56.2 Å². The molecule has 2 aromatic heterocycles. The van der Waals surface area contributed by atoms with Gasteiger partial charge in [0, 0.05) is 11.4 Å². The number of aromatic nitrogens is 2. The van der Waals surface area contributed by atoms with Crippen molar-refractivity contribution in [1.82, 2.24) is 9.38 Å². The van der Waals surface area contributed by atoms with Crippen molar-refractivity contribution >= 4 is 28.8 Å². The number of aryl methyl sites for hydroxylation is 3. The third-order valence-electron chi connectivity index (χ3n) is 4.76. The molecular weight excluding hydrogens is 361 g/mol. The molecule has 4 rings (SSSR count). The summed E-state index contributed by atoms with van der Waals surface area (Å²) in [6.07, 6.45) is 0. The number of benzene rings is 2. The first-order chi connectivity index (χ1) is 13.0. The highest BCUT2D eigenvalue weighted by Crippen LogP contribution is 2.38. The van der Waals surface area contributed by atoms with Gasteiger partial charge in [0.2, 0.25) is 0 Å². The van der Waals surface area contributed by atoms with Crippen LogP contribution in [0.3, 0.4) is 0 Å². The summed E-state index contributed by atoms with van der Waals surface area (Å²) in [7, 11) is 0. The minimum Gasteiger partial charge on any atom is -0.339 e. The number of nitrogens with one attached hydrogen (secondary N) is 1. The highest BCUT2D eigenvalue weighted by atomic mass is 35.5. The highest BCUT2D eigenvalue weighted by molar-refractivity contribution is 6.33. The van der Waals surface area contributed by atoms with Gasteiger partial charge >= 0.3 is 0 Å². The molecule has 0 spiro atoms. The van der Waals surface area contributed by atoms with Crippen LogP contribution in [0.25, 0.3) is 16.9 Å². The Morgan fingerprint density at radius 1 is 0.926 bits per heavy atom. The smallest absolute Gasteiger partial charge is 0.143 e. The van der Waals surface area contributed by atoms with Gasteiger partial charge < -0.3 is 5.32 Å². The molecule has 3 nitrogen and oxygen atoms in total. The minimum atomic E-state index is -0.395. The predicted molar refractivity (Wildman–Crippen MR) is 110 cm³/mol. The maximum absolute atomic E-state index is 14.7. The lowest BCUT2D eigenvalue weighted by Gasteiger charge is -2.15. The molecule has 0 fully saturated rings. The fourth-order valence-corrected chi connectivity index (χ4v) is 3.65. The maximum Gasteiger partial charge on any atom is 0.143 e. The van der Waals surface area contributed by atoms with Gasteiger partial charge in [-0.25, -0.2) is 9.37 Å². The van der Waals surface area contributed by atoms with E-state index < -0.39 is 5.82 Å². The summed E-state index contributed by atoms with van der Waals surface area (Å²) in [4.78, 5) is 4.70. The molecule has 0 aliphatic heterocycles. The zero-order valence-corrected chi connectivity index (χ0v) is 16.1. The van der Waals surface area contributed by atoms with Crippen LogP contribution in [0.5, 0.6) is 0 Å². The second kappa shape index (κ2) is 6.71. The zero-order chi connectivity index (χ0) is 19.1. The van der Waals surface area contributed by atoms with E-state index in [0.29, 0.717) is 22.1 Å². The summed E-state index contributed by atoms with van der Waals surface area (Å²) in [5, 5.41) is 3.83. The fourth-order valence-electron chi connectivity index (χ4n) is 3.40. The van der Waals surface area contributed by atoms with Gasteiger partial charge in [-0.15, -0.1) is 0 Å². The Bertz CT molecular complexity index is 1120. The molecule has 27 heavy (non-hydrogen) atoms. The Morgan fingerprint density at radius 2 is 1.59 bits per heavy atom. The van der Waals surface area contributed by atoms with Crippen molar-refractivity contribution in [1.29, 1.82) is 0 Å². The lowest BCUT2D eigenvalue weighted by Crippen LogP contribution is -2.02. The number of hydrogen-bond donors (Lipinski definition) is 1. The molecule has 0 atom stereocenters. The van der Waals surface area contributed by atoms with E-state index in [1.54, 1.807) is 12.1 Å². The van der Waals surface area contributed by atoms with Crippen molar-refractivity contribution in [2.24, 2.45) is 0 Å². The van der Waals surface area contributed by atoms with Crippen LogP contribution >= 0.6 is 11.6 Å². The summed E-state index contributed by atoms with van der Waals surface area (Å²) in [5.74, 6) is 0.306. The largest absolute Gasteiger partial charge is 0.339 e.